The van der Waals surface area contributed by atoms with Crippen LogP contribution < -0.4 is 4.74 Å². The quantitative estimate of drug-likeness (QED) is 0.280. The van der Waals surface area contributed by atoms with Gasteiger partial charge in [0.1, 0.15) is 12.4 Å². The smallest absolute Gasteiger partial charge is 0.428 e. The highest BCUT2D eigenvalue weighted by Crippen LogP contribution is 2.27. The lowest BCUT2D eigenvalue weighted by atomic mass is 10.1. The molecule has 1 heterocycles. The number of unbranched alkanes of at least 4 members (excludes halogenated alkanes) is 3. The molecule has 0 amide bonds. The normalized spacial score (nSPS) is 12.4. The average molecular weight is 438 g/mol. The number of hydrogen-bond donors (Lipinski definition) is 0. The molecule has 0 saturated carbocycles. The highest BCUT2D eigenvalue weighted by atomic mass is 19.4. The molecule has 0 fully saturated rings. The van der Waals surface area contributed by atoms with Crippen LogP contribution in [0.15, 0.2) is 42.6 Å². The molecular formula is C24H30F3NO3. The topological polar surface area (TPSA) is 48.4 Å². The van der Waals surface area contributed by atoms with Crippen molar-refractivity contribution < 1.29 is 27.4 Å². The number of rotatable bonds is 12. The standard InChI is InChI=1S/C24H30F3NO3/c1-3-5-6-7-9-18-10-15-21(28-16-18)19-11-13-20(14-12-19)31-22(24(25,26)27)17-30-23(29)8-4-2/h10-16,22H,3-9,17H2,1-2H3. The van der Waals surface area contributed by atoms with E-state index in [0.29, 0.717) is 6.42 Å². The van der Waals surface area contributed by atoms with Crippen LogP contribution >= 0.6 is 0 Å². The minimum absolute atomic E-state index is 0.0464. The van der Waals surface area contributed by atoms with E-state index in [4.69, 9.17) is 9.47 Å². The summed E-state index contributed by atoms with van der Waals surface area (Å²) in [6.45, 7) is 3.06. The summed E-state index contributed by atoms with van der Waals surface area (Å²) in [5.41, 5.74) is 2.69. The number of esters is 1. The summed E-state index contributed by atoms with van der Waals surface area (Å²) in [4.78, 5) is 15.9. The Balaban J connectivity index is 1.97. The molecule has 0 spiro atoms. The molecule has 2 rings (SSSR count). The minimum atomic E-state index is -4.65. The molecule has 1 unspecified atom stereocenters. The summed E-state index contributed by atoms with van der Waals surface area (Å²) >= 11 is 0. The van der Waals surface area contributed by atoms with Gasteiger partial charge in [0.05, 0.1) is 5.69 Å². The Morgan fingerprint density at radius 2 is 1.74 bits per heavy atom. The molecule has 4 nitrogen and oxygen atoms in total. The molecular weight excluding hydrogens is 407 g/mol. The maximum absolute atomic E-state index is 13.2. The van der Waals surface area contributed by atoms with Gasteiger partial charge in [-0.15, -0.1) is 0 Å². The molecule has 0 saturated heterocycles. The zero-order chi connectivity index (χ0) is 22.7. The second-order valence-electron chi connectivity index (χ2n) is 7.47. The van der Waals surface area contributed by atoms with E-state index in [1.807, 2.05) is 18.3 Å². The van der Waals surface area contributed by atoms with Crippen LogP contribution in [-0.2, 0) is 16.0 Å². The second kappa shape index (κ2) is 12.3. The molecule has 0 bridgehead atoms. The molecule has 0 aliphatic rings. The van der Waals surface area contributed by atoms with Gasteiger partial charge in [-0.25, -0.2) is 0 Å². The SMILES string of the molecule is CCCCCCc1ccc(-c2ccc(OC(COC(=O)CCC)C(F)(F)F)cc2)nc1. The van der Waals surface area contributed by atoms with Crippen molar-refractivity contribution in [1.82, 2.24) is 4.98 Å². The van der Waals surface area contributed by atoms with Crippen molar-refractivity contribution >= 4 is 5.97 Å². The lowest BCUT2D eigenvalue weighted by Gasteiger charge is -2.21. The predicted molar refractivity (Wildman–Crippen MR) is 114 cm³/mol. The number of aryl methyl sites for hydroxylation is 1. The predicted octanol–water partition coefficient (Wildman–Crippen LogP) is 6.52. The molecule has 7 heteroatoms. The number of hydrogen-bond acceptors (Lipinski definition) is 4. The van der Waals surface area contributed by atoms with Crippen LogP contribution in [0, 0.1) is 0 Å². The van der Waals surface area contributed by atoms with Crippen LogP contribution in [0.2, 0.25) is 0 Å². The van der Waals surface area contributed by atoms with E-state index in [0.717, 1.165) is 24.1 Å². The van der Waals surface area contributed by atoms with Crippen molar-refractivity contribution in [3.63, 3.8) is 0 Å². The first-order valence-corrected chi connectivity index (χ1v) is 10.8. The Bertz CT molecular complexity index is 789. The number of ether oxygens (including phenoxy) is 2. The lowest BCUT2D eigenvalue weighted by molar-refractivity contribution is -0.209. The summed E-state index contributed by atoms with van der Waals surface area (Å²) < 4.78 is 49.4. The number of nitrogens with zero attached hydrogens (tertiary/aromatic N) is 1. The van der Waals surface area contributed by atoms with E-state index in [-0.39, 0.29) is 12.2 Å². The Morgan fingerprint density at radius 3 is 2.32 bits per heavy atom. The number of alkyl halides is 3. The molecule has 0 aliphatic heterocycles. The van der Waals surface area contributed by atoms with E-state index in [2.05, 4.69) is 11.9 Å². The first kappa shape index (κ1) is 24.7. The van der Waals surface area contributed by atoms with Gasteiger partial charge in [-0.05, 0) is 55.2 Å². The van der Waals surface area contributed by atoms with Crippen molar-refractivity contribution in [3.05, 3.63) is 48.2 Å². The number of benzene rings is 1. The van der Waals surface area contributed by atoms with Crippen LogP contribution in [0.25, 0.3) is 11.3 Å². The van der Waals surface area contributed by atoms with Gasteiger partial charge in [0.2, 0.25) is 6.10 Å². The highest BCUT2D eigenvalue weighted by molar-refractivity contribution is 5.69. The summed E-state index contributed by atoms with van der Waals surface area (Å²) in [6.07, 6.45) is 1.31. The molecule has 0 N–H and O–H groups in total. The molecule has 0 radical (unpaired) electrons. The fraction of sp³-hybridized carbons (Fsp3) is 0.500. The average Bonchev–Trinajstić information content (AvgIpc) is 2.74. The molecule has 1 aromatic carbocycles. The number of aromatic nitrogens is 1. The van der Waals surface area contributed by atoms with E-state index in [1.54, 1.807) is 19.1 Å². The zero-order valence-electron chi connectivity index (χ0n) is 18.1. The van der Waals surface area contributed by atoms with Crippen LogP contribution in [0.4, 0.5) is 13.2 Å². The Kier molecular flexibility index (Phi) is 9.82. The van der Waals surface area contributed by atoms with Crippen molar-refractivity contribution in [2.24, 2.45) is 0 Å². The molecule has 31 heavy (non-hydrogen) atoms. The number of carbonyl (C=O) groups excluding carboxylic acids is 1. The van der Waals surface area contributed by atoms with Crippen molar-refractivity contribution in [3.8, 4) is 17.0 Å². The van der Waals surface area contributed by atoms with Gasteiger partial charge in [0, 0.05) is 18.2 Å². The first-order chi connectivity index (χ1) is 14.8. The number of pyridine rings is 1. The summed E-state index contributed by atoms with van der Waals surface area (Å²) in [6, 6.07) is 10.2. The summed E-state index contributed by atoms with van der Waals surface area (Å²) in [5, 5.41) is 0. The molecule has 2 aromatic rings. The number of carbonyl (C=O) groups is 1. The minimum Gasteiger partial charge on any atom is -0.477 e. The van der Waals surface area contributed by atoms with E-state index in [1.165, 1.54) is 37.0 Å². The lowest BCUT2D eigenvalue weighted by Crippen LogP contribution is -2.39. The van der Waals surface area contributed by atoms with Crippen LogP contribution in [0.3, 0.4) is 0 Å². The third kappa shape index (κ3) is 8.59. The second-order valence-corrected chi connectivity index (χ2v) is 7.47. The summed E-state index contributed by atoms with van der Waals surface area (Å²) in [7, 11) is 0. The molecule has 0 aliphatic carbocycles. The fourth-order valence-electron chi connectivity index (χ4n) is 3.01. The van der Waals surface area contributed by atoms with Crippen LogP contribution in [0.1, 0.15) is 57.9 Å². The van der Waals surface area contributed by atoms with Gasteiger partial charge < -0.3 is 9.47 Å². The number of halogens is 3. The molecule has 1 aromatic heterocycles. The van der Waals surface area contributed by atoms with Crippen molar-refractivity contribution in [1.29, 1.82) is 0 Å². The van der Waals surface area contributed by atoms with Crippen molar-refractivity contribution in [2.75, 3.05) is 6.61 Å². The van der Waals surface area contributed by atoms with Gasteiger partial charge in [0.25, 0.3) is 0 Å². The van der Waals surface area contributed by atoms with E-state index >= 15 is 0 Å². The molecule has 1 atom stereocenters. The van der Waals surface area contributed by atoms with E-state index < -0.39 is 24.9 Å². The Labute approximate surface area is 181 Å². The van der Waals surface area contributed by atoms with Crippen molar-refractivity contribution in [2.45, 2.75) is 71.1 Å². The van der Waals surface area contributed by atoms with Gasteiger partial charge in [-0.1, -0.05) is 39.2 Å². The van der Waals surface area contributed by atoms with Gasteiger partial charge in [-0.3, -0.25) is 9.78 Å². The van der Waals surface area contributed by atoms with Crippen LogP contribution in [-0.4, -0.2) is 29.8 Å². The van der Waals surface area contributed by atoms with E-state index in [9.17, 15) is 18.0 Å². The van der Waals surface area contributed by atoms with Crippen LogP contribution in [0.5, 0.6) is 5.75 Å². The van der Waals surface area contributed by atoms with Gasteiger partial charge >= 0.3 is 12.1 Å². The maximum Gasteiger partial charge on any atom is 0.428 e. The maximum atomic E-state index is 13.2. The van der Waals surface area contributed by atoms with Gasteiger partial charge in [-0.2, -0.15) is 13.2 Å². The zero-order valence-corrected chi connectivity index (χ0v) is 18.1. The largest absolute Gasteiger partial charge is 0.477 e. The Morgan fingerprint density at radius 1 is 1.00 bits per heavy atom. The third-order valence-electron chi connectivity index (χ3n) is 4.79. The summed E-state index contributed by atoms with van der Waals surface area (Å²) in [5.74, 6) is -0.624. The molecule has 170 valence electrons. The van der Waals surface area contributed by atoms with Gasteiger partial charge in [0.15, 0.2) is 0 Å². The highest BCUT2D eigenvalue weighted by Gasteiger charge is 2.42. The Hall–Kier alpha value is -2.57. The third-order valence-corrected chi connectivity index (χ3v) is 4.79. The monoisotopic (exact) mass is 437 g/mol. The first-order valence-electron chi connectivity index (χ1n) is 10.8. The fourth-order valence-corrected chi connectivity index (χ4v) is 3.01.